The van der Waals surface area contributed by atoms with Gasteiger partial charge >= 0.3 is 0 Å². The maximum absolute atomic E-state index is 12.0. The summed E-state index contributed by atoms with van der Waals surface area (Å²) in [6, 6.07) is 22.2. The highest BCUT2D eigenvalue weighted by Gasteiger charge is 2.04. The number of benzene rings is 3. The first kappa shape index (κ1) is 16.5. The van der Waals surface area contributed by atoms with E-state index in [-0.39, 0.29) is 5.91 Å². The number of aryl methyl sites for hydroxylation is 1. The largest absolute Gasteiger partial charge is 0.356 e. The van der Waals surface area contributed by atoms with Crippen LogP contribution in [0.15, 0.2) is 66.7 Å². The lowest BCUT2D eigenvalue weighted by Crippen LogP contribution is -2.26. The van der Waals surface area contributed by atoms with Crippen LogP contribution in [0.3, 0.4) is 0 Å². The third-order valence-corrected chi connectivity index (χ3v) is 4.31. The Balaban J connectivity index is 1.49. The van der Waals surface area contributed by atoms with Gasteiger partial charge in [-0.15, -0.1) is 0 Å². The van der Waals surface area contributed by atoms with Gasteiger partial charge in [-0.1, -0.05) is 66.2 Å². The Labute approximate surface area is 147 Å². The van der Waals surface area contributed by atoms with Crippen molar-refractivity contribution in [1.29, 1.82) is 0 Å². The van der Waals surface area contributed by atoms with Crippen LogP contribution in [0.1, 0.15) is 17.5 Å². The van der Waals surface area contributed by atoms with Crippen molar-refractivity contribution < 1.29 is 4.79 Å². The molecular weight excluding hydrogens is 318 g/mol. The lowest BCUT2D eigenvalue weighted by atomic mass is 10.0. The molecule has 0 bridgehead atoms. The van der Waals surface area contributed by atoms with Gasteiger partial charge in [0, 0.05) is 11.6 Å². The van der Waals surface area contributed by atoms with Gasteiger partial charge in [0.05, 0.1) is 6.42 Å². The second-order valence-electron chi connectivity index (χ2n) is 5.90. The average Bonchev–Trinajstić information content (AvgIpc) is 2.59. The number of fused-ring (bicyclic) bond motifs is 1. The number of nitrogens with one attached hydrogen (secondary N) is 1. The first-order chi connectivity index (χ1) is 11.7. The smallest absolute Gasteiger partial charge is 0.224 e. The summed E-state index contributed by atoms with van der Waals surface area (Å²) in [6.45, 7) is 0.683. The normalized spacial score (nSPS) is 10.7. The molecule has 0 saturated heterocycles. The van der Waals surface area contributed by atoms with Crippen LogP contribution in [0.4, 0.5) is 0 Å². The van der Waals surface area contributed by atoms with Crippen LogP contribution < -0.4 is 5.32 Å². The van der Waals surface area contributed by atoms with Crippen molar-refractivity contribution in [2.24, 2.45) is 0 Å². The van der Waals surface area contributed by atoms with Crippen LogP contribution >= 0.6 is 11.6 Å². The lowest BCUT2D eigenvalue weighted by molar-refractivity contribution is -0.120. The number of amides is 1. The van der Waals surface area contributed by atoms with Crippen molar-refractivity contribution in [3.8, 4) is 0 Å². The molecule has 3 rings (SSSR count). The zero-order valence-electron chi connectivity index (χ0n) is 13.5. The molecule has 0 aliphatic rings. The molecule has 1 amide bonds. The number of halogens is 1. The average molecular weight is 338 g/mol. The predicted octanol–water partition coefficient (Wildman–Crippen LogP) is 4.78. The summed E-state index contributed by atoms with van der Waals surface area (Å²) in [4.78, 5) is 12.0. The van der Waals surface area contributed by atoms with E-state index in [1.807, 2.05) is 24.3 Å². The zero-order chi connectivity index (χ0) is 16.8. The highest BCUT2D eigenvalue weighted by atomic mass is 35.5. The summed E-state index contributed by atoms with van der Waals surface area (Å²) >= 11 is 5.94. The molecule has 0 fully saturated rings. The predicted molar refractivity (Wildman–Crippen MR) is 100 cm³/mol. The van der Waals surface area contributed by atoms with E-state index in [2.05, 4.69) is 47.8 Å². The molecule has 24 heavy (non-hydrogen) atoms. The summed E-state index contributed by atoms with van der Waals surface area (Å²) in [5.41, 5.74) is 2.27. The Kier molecular flexibility index (Phi) is 5.50. The second kappa shape index (κ2) is 7.98. The van der Waals surface area contributed by atoms with Gasteiger partial charge in [-0.3, -0.25) is 4.79 Å². The number of rotatable bonds is 6. The molecule has 3 aromatic carbocycles. The van der Waals surface area contributed by atoms with Crippen molar-refractivity contribution in [3.05, 3.63) is 82.9 Å². The van der Waals surface area contributed by atoms with Gasteiger partial charge in [-0.25, -0.2) is 0 Å². The van der Waals surface area contributed by atoms with Gasteiger partial charge in [-0.05, 0) is 46.9 Å². The molecule has 0 aliphatic carbocycles. The van der Waals surface area contributed by atoms with Crippen LogP contribution in [0.5, 0.6) is 0 Å². The minimum atomic E-state index is 0.0372. The molecule has 122 valence electrons. The second-order valence-corrected chi connectivity index (χ2v) is 6.33. The van der Waals surface area contributed by atoms with E-state index in [9.17, 15) is 4.79 Å². The Morgan fingerprint density at radius 1 is 0.958 bits per heavy atom. The van der Waals surface area contributed by atoms with Crippen LogP contribution in [-0.2, 0) is 17.6 Å². The highest BCUT2D eigenvalue weighted by Crippen LogP contribution is 2.19. The molecular formula is C21H20ClNO. The first-order valence-electron chi connectivity index (χ1n) is 8.20. The Morgan fingerprint density at radius 2 is 1.75 bits per heavy atom. The molecule has 0 saturated carbocycles. The van der Waals surface area contributed by atoms with Gasteiger partial charge in [0.2, 0.25) is 5.91 Å². The summed E-state index contributed by atoms with van der Waals surface area (Å²) in [5.74, 6) is 0.0372. The van der Waals surface area contributed by atoms with Crippen molar-refractivity contribution >= 4 is 28.3 Å². The summed E-state index contributed by atoms with van der Waals surface area (Å²) in [7, 11) is 0. The molecule has 0 radical (unpaired) electrons. The van der Waals surface area contributed by atoms with Crippen molar-refractivity contribution in [3.63, 3.8) is 0 Å². The third kappa shape index (κ3) is 4.36. The van der Waals surface area contributed by atoms with Gasteiger partial charge < -0.3 is 5.32 Å². The monoisotopic (exact) mass is 337 g/mol. The molecule has 0 spiro atoms. The van der Waals surface area contributed by atoms with Gasteiger partial charge in [0.15, 0.2) is 0 Å². The molecule has 0 atom stereocenters. The van der Waals surface area contributed by atoms with Crippen molar-refractivity contribution in [2.45, 2.75) is 19.3 Å². The fraction of sp³-hybridized carbons (Fsp3) is 0.190. The van der Waals surface area contributed by atoms with Gasteiger partial charge in [0.1, 0.15) is 0 Å². The Morgan fingerprint density at radius 3 is 2.62 bits per heavy atom. The summed E-state index contributed by atoms with van der Waals surface area (Å²) in [6.07, 6.45) is 2.25. The van der Waals surface area contributed by atoms with Crippen molar-refractivity contribution in [1.82, 2.24) is 5.32 Å². The van der Waals surface area contributed by atoms with E-state index in [4.69, 9.17) is 11.6 Å². The Hall–Kier alpha value is -2.32. The van der Waals surface area contributed by atoms with E-state index in [1.165, 1.54) is 16.3 Å². The van der Waals surface area contributed by atoms with Crippen LogP contribution in [0, 0.1) is 0 Å². The molecule has 0 aliphatic heterocycles. The van der Waals surface area contributed by atoms with E-state index >= 15 is 0 Å². The van der Waals surface area contributed by atoms with Crippen LogP contribution in [0.2, 0.25) is 5.02 Å². The first-order valence-corrected chi connectivity index (χ1v) is 8.58. The van der Waals surface area contributed by atoms with Gasteiger partial charge in [-0.2, -0.15) is 0 Å². The summed E-state index contributed by atoms with van der Waals surface area (Å²) in [5, 5.41) is 6.21. The minimum Gasteiger partial charge on any atom is -0.356 e. The lowest BCUT2D eigenvalue weighted by Gasteiger charge is -2.08. The number of hydrogen-bond donors (Lipinski definition) is 1. The van der Waals surface area contributed by atoms with Crippen LogP contribution in [0.25, 0.3) is 10.8 Å². The third-order valence-electron chi connectivity index (χ3n) is 4.08. The molecule has 0 heterocycles. The van der Waals surface area contributed by atoms with E-state index < -0.39 is 0 Å². The van der Waals surface area contributed by atoms with Gasteiger partial charge in [0.25, 0.3) is 0 Å². The fourth-order valence-corrected chi connectivity index (χ4v) is 3.12. The molecule has 0 unspecified atom stereocenters. The molecule has 3 aromatic rings. The summed E-state index contributed by atoms with van der Waals surface area (Å²) < 4.78 is 0. The van der Waals surface area contributed by atoms with E-state index in [1.54, 1.807) is 0 Å². The molecule has 3 heteroatoms. The standard InChI is InChI=1S/C21H20ClNO/c22-19-11-3-6-16(14-19)15-21(24)23-13-5-10-18-9-4-8-17-7-1-2-12-20(17)18/h1-4,6-9,11-12,14H,5,10,13,15H2,(H,23,24). The number of carbonyl (C=O) groups is 1. The minimum absolute atomic E-state index is 0.0372. The zero-order valence-corrected chi connectivity index (χ0v) is 14.2. The van der Waals surface area contributed by atoms with E-state index in [0.29, 0.717) is 18.0 Å². The maximum atomic E-state index is 12.0. The van der Waals surface area contributed by atoms with Crippen molar-refractivity contribution in [2.75, 3.05) is 6.54 Å². The molecule has 0 aromatic heterocycles. The molecule has 2 nitrogen and oxygen atoms in total. The highest BCUT2D eigenvalue weighted by molar-refractivity contribution is 6.30. The Bertz CT molecular complexity index is 839. The van der Waals surface area contributed by atoms with E-state index in [0.717, 1.165) is 18.4 Å². The molecule has 1 N–H and O–H groups in total. The quantitative estimate of drug-likeness (QED) is 0.644. The maximum Gasteiger partial charge on any atom is 0.224 e. The fourth-order valence-electron chi connectivity index (χ4n) is 2.91. The topological polar surface area (TPSA) is 29.1 Å². The number of hydrogen-bond acceptors (Lipinski definition) is 1. The SMILES string of the molecule is O=C(Cc1cccc(Cl)c1)NCCCc1cccc2ccccc12. The van der Waals surface area contributed by atoms with Crippen LogP contribution in [-0.4, -0.2) is 12.5 Å². The number of carbonyl (C=O) groups excluding carboxylic acids is 1.